The van der Waals surface area contributed by atoms with Crippen molar-refractivity contribution in [3.8, 4) is 0 Å². The maximum absolute atomic E-state index is 11.5. The van der Waals surface area contributed by atoms with Crippen LogP contribution in [0.15, 0.2) is 0 Å². The summed E-state index contributed by atoms with van der Waals surface area (Å²) in [6.45, 7) is 4.87. The Morgan fingerprint density at radius 2 is 1.52 bits per heavy atom. The summed E-state index contributed by atoms with van der Waals surface area (Å²) in [6, 6.07) is 0.255. The van der Waals surface area contributed by atoms with Gasteiger partial charge in [-0.25, -0.2) is 0 Å². The molecule has 0 saturated carbocycles. The van der Waals surface area contributed by atoms with Crippen molar-refractivity contribution in [3.63, 3.8) is 0 Å². The minimum atomic E-state index is -0.0470. The standard InChI is InChI=1S/C19H39NO2S/c1-3-4-5-6-7-8-9-10-11-12-15-22-19(21)14-17-23-16-13-18(2)20/h18H,3-17,20H2,1-2H3. The van der Waals surface area contributed by atoms with Crippen molar-refractivity contribution in [2.24, 2.45) is 5.73 Å². The van der Waals surface area contributed by atoms with Crippen LogP contribution in [0, 0.1) is 0 Å². The molecule has 23 heavy (non-hydrogen) atoms. The lowest BCUT2D eigenvalue weighted by atomic mass is 10.1. The Kier molecular flexibility index (Phi) is 18.0. The Hall–Kier alpha value is -0.220. The molecule has 0 amide bonds. The highest BCUT2D eigenvalue weighted by Gasteiger charge is 2.03. The van der Waals surface area contributed by atoms with Gasteiger partial charge in [0.15, 0.2) is 0 Å². The van der Waals surface area contributed by atoms with Crippen molar-refractivity contribution in [3.05, 3.63) is 0 Å². The second-order valence-corrected chi connectivity index (χ2v) is 7.76. The molecule has 4 heteroatoms. The van der Waals surface area contributed by atoms with E-state index in [-0.39, 0.29) is 12.0 Å². The number of unbranched alkanes of at least 4 members (excludes halogenated alkanes) is 9. The molecule has 0 radical (unpaired) electrons. The Morgan fingerprint density at radius 1 is 0.957 bits per heavy atom. The maximum Gasteiger partial charge on any atom is 0.306 e. The SMILES string of the molecule is CCCCCCCCCCCCOC(=O)CCSCCC(C)N. The zero-order chi connectivity index (χ0) is 17.2. The van der Waals surface area contributed by atoms with Crippen LogP contribution in [0.25, 0.3) is 0 Å². The van der Waals surface area contributed by atoms with Crippen molar-refractivity contribution in [1.29, 1.82) is 0 Å². The quantitative estimate of drug-likeness (QED) is 0.287. The number of ether oxygens (including phenoxy) is 1. The van der Waals surface area contributed by atoms with E-state index in [1.165, 1.54) is 57.8 Å². The van der Waals surface area contributed by atoms with Crippen LogP contribution in [-0.2, 0) is 9.53 Å². The summed E-state index contributed by atoms with van der Waals surface area (Å²) in [5, 5.41) is 0. The number of hydrogen-bond acceptors (Lipinski definition) is 4. The van der Waals surface area contributed by atoms with Crippen molar-refractivity contribution < 1.29 is 9.53 Å². The first-order valence-electron chi connectivity index (χ1n) is 9.65. The van der Waals surface area contributed by atoms with Gasteiger partial charge in [0, 0.05) is 11.8 Å². The number of nitrogens with two attached hydrogens (primary N) is 1. The topological polar surface area (TPSA) is 52.3 Å². The predicted molar refractivity (Wildman–Crippen MR) is 103 cm³/mol. The van der Waals surface area contributed by atoms with Crippen LogP contribution in [0.2, 0.25) is 0 Å². The van der Waals surface area contributed by atoms with Crippen molar-refractivity contribution in [2.45, 2.75) is 96.9 Å². The van der Waals surface area contributed by atoms with Crippen LogP contribution < -0.4 is 5.73 Å². The molecule has 0 bridgehead atoms. The zero-order valence-corrected chi connectivity index (χ0v) is 16.3. The summed E-state index contributed by atoms with van der Waals surface area (Å²) in [6.07, 6.45) is 14.6. The lowest BCUT2D eigenvalue weighted by Gasteiger charge is -2.06. The van der Waals surface area contributed by atoms with E-state index in [1.54, 1.807) is 11.8 Å². The van der Waals surface area contributed by atoms with Gasteiger partial charge in [-0.3, -0.25) is 4.79 Å². The van der Waals surface area contributed by atoms with Crippen LogP contribution in [0.4, 0.5) is 0 Å². The lowest BCUT2D eigenvalue weighted by Crippen LogP contribution is -2.15. The van der Waals surface area contributed by atoms with Crippen LogP contribution in [0.3, 0.4) is 0 Å². The third kappa shape index (κ3) is 19.7. The Balaban J connectivity index is 3.14. The molecule has 1 atom stereocenters. The second kappa shape index (κ2) is 18.1. The molecule has 0 aromatic rings. The van der Waals surface area contributed by atoms with Gasteiger partial charge in [-0.2, -0.15) is 11.8 Å². The molecule has 3 nitrogen and oxygen atoms in total. The normalized spacial score (nSPS) is 12.3. The van der Waals surface area contributed by atoms with E-state index < -0.39 is 0 Å². The maximum atomic E-state index is 11.5. The van der Waals surface area contributed by atoms with Crippen molar-refractivity contribution >= 4 is 17.7 Å². The molecule has 0 heterocycles. The predicted octanol–water partition coefficient (Wildman–Crippen LogP) is 5.31. The van der Waals surface area contributed by atoms with Gasteiger partial charge in [0.25, 0.3) is 0 Å². The number of carbonyl (C=O) groups is 1. The van der Waals surface area contributed by atoms with Gasteiger partial charge in [-0.1, -0.05) is 64.7 Å². The first-order valence-corrected chi connectivity index (χ1v) is 10.8. The van der Waals surface area contributed by atoms with Gasteiger partial charge in [0.2, 0.25) is 0 Å². The molecule has 0 aromatic carbocycles. The molecular formula is C19H39NO2S. The van der Waals surface area contributed by atoms with Gasteiger partial charge < -0.3 is 10.5 Å². The van der Waals surface area contributed by atoms with Crippen LogP contribution in [0.5, 0.6) is 0 Å². The lowest BCUT2D eigenvalue weighted by molar-refractivity contribution is -0.143. The second-order valence-electron chi connectivity index (χ2n) is 6.53. The molecule has 0 aromatic heterocycles. The Labute approximate surface area is 148 Å². The van der Waals surface area contributed by atoms with Crippen LogP contribution >= 0.6 is 11.8 Å². The fourth-order valence-electron chi connectivity index (χ4n) is 2.37. The van der Waals surface area contributed by atoms with Gasteiger partial charge in [0.05, 0.1) is 13.0 Å². The summed E-state index contributed by atoms with van der Waals surface area (Å²) < 4.78 is 5.26. The monoisotopic (exact) mass is 345 g/mol. The van der Waals surface area contributed by atoms with Gasteiger partial charge in [-0.15, -0.1) is 0 Å². The number of rotatable bonds is 17. The van der Waals surface area contributed by atoms with E-state index in [0.29, 0.717) is 13.0 Å². The average molecular weight is 346 g/mol. The minimum Gasteiger partial charge on any atom is -0.466 e. The first kappa shape index (κ1) is 22.8. The van der Waals surface area contributed by atoms with E-state index in [0.717, 1.165) is 24.3 Å². The van der Waals surface area contributed by atoms with Crippen LogP contribution in [0.1, 0.15) is 90.9 Å². The number of thioether (sulfide) groups is 1. The number of esters is 1. The van der Waals surface area contributed by atoms with E-state index in [9.17, 15) is 4.79 Å². The highest BCUT2D eigenvalue weighted by atomic mass is 32.2. The zero-order valence-electron chi connectivity index (χ0n) is 15.5. The molecule has 0 rings (SSSR count). The summed E-state index contributed by atoms with van der Waals surface area (Å²) in [4.78, 5) is 11.5. The number of carbonyl (C=O) groups excluding carboxylic acids is 1. The molecule has 2 N–H and O–H groups in total. The van der Waals surface area contributed by atoms with Gasteiger partial charge >= 0.3 is 5.97 Å². The molecule has 0 spiro atoms. The third-order valence-corrected chi connectivity index (χ3v) is 4.95. The summed E-state index contributed by atoms with van der Waals surface area (Å²) >= 11 is 1.79. The molecule has 1 unspecified atom stereocenters. The molecule has 0 aliphatic carbocycles. The van der Waals surface area contributed by atoms with Crippen molar-refractivity contribution in [1.82, 2.24) is 0 Å². The smallest absolute Gasteiger partial charge is 0.306 e. The minimum absolute atomic E-state index is 0.0470. The van der Waals surface area contributed by atoms with Gasteiger partial charge in [0.1, 0.15) is 0 Å². The molecule has 0 aliphatic heterocycles. The molecule has 0 aliphatic rings. The number of hydrogen-bond donors (Lipinski definition) is 1. The summed E-state index contributed by atoms with van der Waals surface area (Å²) in [5.41, 5.74) is 5.68. The molecule has 0 fully saturated rings. The first-order chi connectivity index (χ1) is 11.2. The summed E-state index contributed by atoms with van der Waals surface area (Å²) in [7, 11) is 0. The van der Waals surface area contributed by atoms with E-state index in [4.69, 9.17) is 10.5 Å². The molecule has 0 saturated heterocycles. The highest BCUT2D eigenvalue weighted by molar-refractivity contribution is 7.99. The molecular weight excluding hydrogens is 306 g/mol. The fourth-order valence-corrected chi connectivity index (χ4v) is 3.43. The van der Waals surface area contributed by atoms with Gasteiger partial charge in [-0.05, 0) is 25.5 Å². The van der Waals surface area contributed by atoms with Crippen molar-refractivity contribution in [2.75, 3.05) is 18.1 Å². The molecule has 138 valence electrons. The highest BCUT2D eigenvalue weighted by Crippen LogP contribution is 2.11. The van der Waals surface area contributed by atoms with E-state index in [2.05, 4.69) is 6.92 Å². The van der Waals surface area contributed by atoms with Crippen LogP contribution in [-0.4, -0.2) is 30.1 Å². The Bertz CT molecular complexity index is 260. The van der Waals surface area contributed by atoms with E-state index >= 15 is 0 Å². The average Bonchev–Trinajstić information content (AvgIpc) is 2.52. The Morgan fingerprint density at radius 3 is 2.09 bits per heavy atom. The third-order valence-electron chi connectivity index (χ3n) is 3.93. The summed E-state index contributed by atoms with van der Waals surface area (Å²) in [5.74, 6) is 1.83. The largest absolute Gasteiger partial charge is 0.466 e. The fraction of sp³-hybridized carbons (Fsp3) is 0.947. The van der Waals surface area contributed by atoms with E-state index in [1.807, 2.05) is 6.92 Å².